The van der Waals surface area contributed by atoms with Gasteiger partial charge in [0, 0.05) is 0 Å². The number of thiol groups is 1. The summed E-state index contributed by atoms with van der Waals surface area (Å²) in [4.78, 5) is 7.26. The zero-order valence-corrected chi connectivity index (χ0v) is 7.02. The molecule has 11 heavy (non-hydrogen) atoms. The zero-order chi connectivity index (χ0) is 7.84. The molecule has 1 aromatic carbocycles. The van der Waals surface area contributed by atoms with Crippen LogP contribution in [0.5, 0.6) is 0 Å². The van der Waals surface area contributed by atoms with E-state index in [4.69, 9.17) is 0 Å². The number of H-pyrrole nitrogens is 1. The molecule has 0 bridgehead atoms. The van der Waals surface area contributed by atoms with Crippen molar-refractivity contribution in [2.75, 3.05) is 0 Å². The summed E-state index contributed by atoms with van der Waals surface area (Å²) in [6, 6.07) is 6.01. The molecule has 1 N–H and O–H groups in total. The van der Waals surface area contributed by atoms with E-state index >= 15 is 0 Å². The first kappa shape index (κ1) is 7.30. The van der Waals surface area contributed by atoms with Crippen molar-refractivity contribution in [2.45, 2.75) is 5.16 Å². The van der Waals surface area contributed by atoms with E-state index in [9.17, 15) is 0 Å². The van der Waals surface area contributed by atoms with Gasteiger partial charge in [-0.05, 0) is 0 Å². The molecule has 1 heterocycles. The van der Waals surface area contributed by atoms with Crippen molar-refractivity contribution >= 4 is 45.6 Å². The number of rotatable bonds is 0. The minimum atomic E-state index is 0.675. The Balaban J connectivity index is 2.90. The Bertz CT molecular complexity index is 396. The molecule has 4 heteroatoms. The number of benzene rings is 1. The summed E-state index contributed by atoms with van der Waals surface area (Å²) in [6.07, 6.45) is 0. The van der Waals surface area contributed by atoms with Gasteiger partial charge in [-0.2, -0.15) is 0 Å². The minimum absolute atomic E-state index is 0.675. The quantitative estimate of drug-likeness (QED) is 0.425. The summed E-state index contributed by atoms with van der Waals surface area (Å²) in [7, 11) is 0. The molecule has 0 spiro atoms. The molecule has 1 aromatic heterocycles. The van der Waals surface area contributed by atoms with Crippen LogP contribution < -0.4 is 4.24 Å². The van der Waals surface area contributed by atoms with Gasteiger partial charge in [0.1, 0.15) is 0 Å². The van der Waals surface area contributed by atoms with Crippen molar-refractivity contribution in [3.05, 3.63) is 18.2 Å². The van der Waals surface area contributed by atoms with Gasteiger partial charge >= 0.3 is 78.9 Å². The topological polar surface area (TPSA) is 28.7 Å². The molecule has 0 saturated carbocycles. The number of para-hydroxylation sites is 1. The number of hydrogen-bond acceptors (Lipinski definition) is 2. The second kappa shape index (κ2) is 2.60. The van der Waals surface area contributed by atoms with E-state index in [2.05, 4.69) is 22.6 Å². The molecular weight excluding hydrogens is 151 g/mol. The third kappa shape index (κ3) is 1.20. The Morgan fingerprint density at radius 2 is 2.27 bits per heavy atom. The summed E-state index contributed by atoms with van der Waals surface area (Å²) in [5, 5.41) is 0.675. The van der Waals surface area contributed by atoms with Crippen LogP contribution in [0.4, 0.5) is 0 Å². The summed E-state index contributed by atoms with van der Waals surface area (Å²) in [6.45, 7) is 0. The predicted octanol–water partition coefficient (Wildman–Crippen LogP) is 0.645. The molecule has 0 aliphatic rings. The van der Waals surface area contributed by atoms with Gasteiger partial charge in [-0.1, -0.05) is 0 Å². The van der Waals surface area contributed by atoms with Gasteiger partial charge in [0.25, 0.3) is 0 Å². The average molecular weight is 156 g/mol. The predicted molar refractivity (Wildman–Crippen MR) is 48.7 cm³/mol. The molecule has 0 unspecified atom stereocenters. The first-order valence-corrected chi connectivity index (χ1v) is 3.86. The van der Waals surface area contributed by atoms with Gasteiger partial charge in [-0.25, -0.2) is 0 Å². The van der Waals surface area contributed by atoms with E-state index in [1.165, 1.54) is 4.24 Å². The fourth-order valence-electron chi connectivity index (χ4n) is 1.16. The first-order chi connectivity index (χ1) is 5.27. The maximum absolute atomic E-state index is 4.18. The monoisotopic (exact) mass is 156 g/mol. The molecule has 50 valence electrons. The number of aromatic nitrogens is 2. The second-order valence-corrected chi connectivity index (χ2v) is 2.95. The fraction of sp³-hybridized carbons (Fsp3) is 0. The molecule has 0 aliphatic heterocycles. The summed E-state index contributed by atoms with van der Waals surface area (Å²) in [5.74, 6) is 0. The van der Waals surface area contributed by atoms with Gasteiger partial charge in [-0.15, -0.1) is 0 Å². The standard InChI is InChI=1S/C7H5N2S.Li/c10-7-8-5-3-1-2-4-6(5)9-7;/h1-3H,(H2,8,9,10);. The van der Waals surface area contributed by atoms with Crippen molar-refractivity contribution in [1.29, 1.82) is 0 Å². The number of nitrogens with zero attached hydrogens (tertiary/aromatic N) is 1. The number of nitrogens with one attached hydrogen (secondary N) is 1. The Labute approximate surface area is 79.0 Å². The third-order valence-corrected chi connectivity index (χ3v) is 1.93. The van der Waals surface area contributed by atoms with E-state index in [0.29, 0.717) is 5.16 Å². The Morgan fingerprint density at radius 1 is 1.45 bits per heavy atom. The SMILES string of the molecule is [Li][c]1cccc2nc(S)[nH]c12. The first-order valence-electron chi connectivity index (χ1n) is 3.41. The van der Waals surface area contributed by atoms with E-state index < -0.39 is 0 Å². The number of fused-ring (bicyclic) bond motifs is 1. The zero-order valence-electron chi connectivity index (χ0n) is 6.13. The van der Waals surface area contributed by atoms with Crippen LogP contribution in [0, 0.1) is 0 Å². The second-order valence-electron chi connectivity index (χ2n) is 2.53. The summed E-state index contributed by atoms with van der Waals surface area (Å²) >= 11 is 6.17. The van der Waals surface area contributed by atoms with Crippen LogP contribution in [0.25, 0.3) is 11.0 Å². The van der Waals surface area contributed by atoms with E-state index in [1.807, 2.05) is 35.9 Å². The fourth-order valence-corrected chi connectivity index (χ4v) is 1.38. The van der Waals surface area contributed by atoms with Gasteiger partial charge in [0.2, 0.25) is 0 Å². The van der Waals surface area contributed by atoms with Crippen LogP contribution in [-0.2, 0) is 0 Å². The number of imidazole rings is 1. The summed E-state index contributed by atoms with van der Waals surface area (Å²) < 4.78 is 1.20. The molecule has 0 fully saturated rings. The van der Waals surface area contributed by atoms with Crippen LogP contribution in [0.1, 0.15) is 0 Å². The molecular formula is C7H5LiN2S. The van der Waals surface area contributed by atoms with Crippen molar-refractivity contribution < 1.29 is 0 Å². The molecule has 0 aliphatic carbocycles. The van der Waals surface area contributed by atoms with E-state index in [-0.39, 0.29) is 0 Å². The maximum atomic E-state index is 4.18. The number of aromatic amines is 1. The van der Waals surface area contributed by atoms with E-state index in [1.54, 1.807) is 0 Å². The number of hydrogen-bond donors (Lipinski definition) is 2. The molecule has 0 amide bonds. The average Bonchev–Trinajstić information content (AvgIpc) is 2.31. The molecule has 2 nitrogen and oxygen atoms in total. The van der Waals surface area contributed by atoms with Crippen LogP contribution in [0.15, 0.2) is 23.4 Å². The third-order valence-electron chi connectivity index (χ3n) is 1.71. The molecule has 2 aromatic rings. The molecule has 0 atom stereocenters. The van der Waals surface area contributed by atoms with Gasteiger partial charge in [-0.3, -0.25) is 0 Å². The van der Waals surface area contributed by atoms with Crippen molar-refractivity contribution in [3.63, 3.8) is 0 Å². The van der Waals surface area contributed by atoms with Crippen LogP contribution in [-0.4, -0.2) is 27.7 Å². The Morgan fingerprint density at radius 3 is 3.00 bits per heavy atom. The van der Waals surface area contributed by atoms with Gasteiger partial charge < -0.3 is 0 Å². The Hall–Kier alpha value is -0.363. The van der Waals surface area contributed by atoms with Crippen molar-refractivity contribution in [2.24, 2.45) is 0 Å². The van der Waals surface area contributed by atoms with Crippen LogP contribution in [0.2, 0.25) is 0 Å². The van der Waals surface area contributed by atoms with Crippen LogP contribution in [0.3, 0.4) is 0 Å². The van der Waals surface area contributed by atoms with Gasteiger partial charge in [0.15, 0.2) is 0 Å². The summed E-state index contributed by atoms with van der Waals surface area (Å²) in [5.41, 5.74) is 2.06. The normalized spacial score (nSPS) is 10.8. The molecule has 0 radical (unpaired) electrons. The van der Waals surface area contributed by atoms with E-state index in [0.717, 1.165) is 11.0 Å². The van der Waals surface area contributed by atoms with Crippen LogP contribution >= 0.6 is 12.6 Å². The molecule has 2 rings (SSSR count). The van der Waals surface area contributed by atoms with Gasteiger partial charge in [0.05, 0.1) is 0 Å². The van der Waals surface area contributed by atoms with Crippen molar-refractivity contribution in [1.82, 2.24) is 9.97 Å². The van der Waals surface area contributed by atoms with Crippen molar-refractivity contribution in [3.8, 4) is 0 Å². The Kier molecular flexibility index (Phi) is 1.72. The molecule has 0 saturated heterocycles.